The third kappa shape index (κ3) is 5.37. The number of aliphatic imine (C=N–C) groups is 1. The fourth-order valence-electron chi connectivity index (χ4n) is 3.14. The first-order chi connectivity index (χ1) is 12.1. The Balaban J connectivity index is 2.26. The predicted molar refractivity (Wildman–Crippen MR) is 97.4 cm³/mol. The molecule has 0 unspecified atom stereocenters. The molecule has 2 N–H and O–H groups in total. The van der Waals surface area contributed by atoms with Gasteiger partial charge in [-0.15, -0.1) is 0 Å². The van der Waals surface area contributed by atoms with Crippen LogP contribution >= 0.6 is 0 Å². The van der Waals surface area contributed by atoms with Gasteiger partial charge in [0.15, 0.2) is 5.96 Å². The topological polar surface area (TPSA) is 45.7 Å². The van der Waals surface area contributed by atoms with Crippen molar-refractivity contribution in [3.63, 3.8) is 0 Å². The van der Waals surface area contributed by atoms with E-state index in [4.69, 9.17) is 4.74 Å². The Hall–Kier alpha value is -1.76. The van der Waals surface area contributed by atoms with Gasteiger partial charge in [0.05, 0.1) is 5.56 Å². The lowest BCUT2D eigenvalue weighted by atomic mass is 9.73. The highest BCUT2D eigenvalue weighted by molar-refractivity contribution is 5.80. The molecule has 0 radical (unpaired) electrons. The van der Waals surface area contributed by atoms with Crippen LogP contribution in [0.1, 0.15) is 44.7 Å². The van der Waals surface area contributed by atoms with E-state index < -0.39 is 17.2 Å². The van der Waals surface area contributed by atoms with Crippen molar-refractivity contribution in [2.45, 2.75) is 50.7 Å². The molecule has 1 aromatic rings. The highest BCUT2D eigenvalue weighted by Crippen LogP contribution is 2.37. The fourth-order valence-corrected chi connectivity index (χ4v) is 3.14. The molecule has 0 saturated carbocycles. The maximum atomic E-state index is 13.1. The molecular formula is C19H28F3N3O. The first kappa shape index (κ1) is 20.6. The minimum absolute atomic E-state index is 0.166. The molecule has 0 aromatic heterocycles. The number of hydrogen-bond acceptors (Lipinski definition) is 2. The molecule has 0 amide bonds. The lowest BCUT2D eigenvalue weighted by Crippen LogP contribution is -2.52. The summed E-state index contributed by atoms with van der Waals surface area (Å²) in [5.74, 6) is 0.635. The van der Waals surface area contributed by atoms with E-state index in [-0.39, 0.29) is 5.54 Å². The first-order valence-electron chi connectivity index (χ1n) is 8.80. The van der Waals surface area contributed by atoms with E-state index in [1.807, 2.05) is 20.8 Å². The zero-order valence-corrected chi connectivity index (χ0v) is 15.8. The molecule has 1 heterocycles. The smallest absolute Gasteiger partial charge is 0.381 e. The molecule has 1 aliphatic rings. The van der Waals surface area contributed by atoms with E-state index in [1.54, 1.807) is 13.1 Å². The number of alkyl halides is 3. The van der Waals surface area contributed by atoms with Crippen LogP contribution in [0.5, 0.6) is 0 Å². The van der Waals surface area contributed by atoms with E-state index >= 15 is 0 Å². The van der Waals surface area contributed by atoms with E-state index in [0.717, 1.165) is 6.07 Å². The van der Waals surface area contributed by atoms with Crippen LogP contribution in [0.3, 0.4) is 0 Å². The summed E-state index contributed by atoms with van der Waals surface area (Å²) < 4.78 is 44.9. The second kappa shape index (κ2) is 7.86. The summed E-state index contributed by atoms with van der Waals surface area (Å²) in [7, 11) is 1.68. The van der Waals surface area contributed by atoms with Gasteiger partial charge in [-0.2, -0.15) is 13.2 Å². The van der Waals surface area contributed by atoms with Gasteiger partial charge in [-0.3, -0.25) is 4.99 Å². The standard InChI is InChI=1S/C19H28F3N3O/c1-17(2,3)25-16(23-4)24-13-18(8-10-26-11-9-18)14-6-5-7-15(12-14)19(20,21)22/h5-7,12H,8-11,13H2,1-4H3,(H2,23,24,25). The lowest BCUT2D eigenvalue weighted by Gasteiger charge is -2.39. The Labute approximate surface area is 153 Å². The molecule has 1 aromatic carbocycles. The second-order valence-corrected chi connectivity index (χ2v) is 7.77. The van der Waals surface area contributed by atoms with Gasteiger partial charge in [0.25, 0.3) is 0 Å². The number of guanidine groups is 1. The van der Waals surface area contributed by atoms with Crippen molar-refractivity contribution < 1.29 is 17.9 Å². The minimum atomic E-state index is -4.35. The van der Waals surface area contributed by atoms with Crippen LogP contribution in [0.25, 0.3) is 0 Å². The molecule has 0 spiro atoms. The molecule has 1 fully saturated rings. The third-order valence-corrected chi connectivity index (χ3v) is 4.56. The molecule has 1 aliphatic heterocycles. The molecular weight excluding hydrogens is 343 g/mol. The number of ether oxygens (including phenoxy) is 1. The van der Waals surface area contributed by atoms with E-state index in [1.165, 1.54) is 12.1 Å². The summed E-state index contributed by atoms with van der Waals surface area (Å²) in [6, 6.07) is 5.65. The lowest BCUT2D eigenvalue weighted by molar-refractivity contribution is -0.137. The highest BCUT2D eigenvalue weighted by atomic mass is 19.4. The van der Waals surface area contributed by atoms with Gasteiger partial charge in [0.2, 0.25) is 0 Å². The zero-order valence-electron chi connectivity index (χ0n) is 15.8. The van der Waals surface area contributed by atoms with Crippen LogP contribution in [-0.4, -0.2) is 38.3 Å². The Bertz CT molecular complexity index is 630. The number of hydrogen-bond donors (Lipinski definition) is 2. The predicted octanol–water partition coefficient (Wildman–Crippen LogP) is 3.72. The molecule has 0 atom stereocenters. The van der Waals surface area contributed by atoms with Crippen molar-refractivity contribution >= 4 is 5.96 Å². The largest absolute Gasteiger partial charge is 0.416 e. The van der Waals surface area contributed by atoms with E-state index in [9.17, 15) is 13.2 Å². The molecule has 0 aliphatic carbocycles. The number of rotatable bonds is 3. The Morgan fingerprint density at radius 2 is 1.85 bits per heavy atom. The highest BCUT2D eigenvalue weighted by Gasteiger charge is 2.37. The summed E-state index contributed by atoms with van der Waals surface area (Å²) in [4.78, 5) is 4.22. The van der Waals surface area contributed by atoms with Crippen LogP contribution in [0.2, 0.25) is 0 Å². The van der Waals surface area contributed by atoms with E-state index in [2.05, 4.69) is 15.6 Å². The number of nitrogens with one attached hydrogen (secondary N) is 2. The Morgan fingerprint density at radius 1 is 1.19 bits per heavy atom. The van der Waals surface area contributed by atoms with Gasteiger partial charge in [0, 0.05) is 37.8 Å². The summed E-state index contributed by atoms with van der Waals surface area (Å²) in [5, 5.41) is 6.57. The van der Waals surface area contributed by atoms with Gasteiger partial charge in [-0.05, 0) is 45.2 Å². The molecule has 26 heavy (non-hydrogen) atoms. The number of nitrogens with zero attached hydrogens (tertiary/aromatic N) is 1. The summed E-state index contributed by atoms with van der Waals surface area (Å²) >= 11 is 0. The van der Waals surface area contributed by atoms with Crippen molar-refractivity contribution in [2.24, 2.45) is 4.99 Å². The quantitative estimate of drug-likeness (QED) is 0.629. The van der Waals surface area contributed by atoms with E-state index in [0.29, 0.717) is 44.1 Å². The number of halogens is 3. The normalized spacial score (nSPS) is 18.5. The molecule has 0 bridgehead atoms. The van der Waals surface area contributed by atoms with Gasteiger partial charge < -0.3 is 15.4 Å². The molecule has 1 saturated heterocycles. The average Bonchev–Trinajstić information content (AvgIpc) is 2.58. The van der Waals surface area contributed by atoms with Crippen LogP contribution in [0.15, 0.2) is 29.3 Å². The van der Waals surface area contributed by atoms with Crippen molar-refractivity contribution in [1.82, 2.24) is 10.6 Å². The van der Waals surface area contributed by atoms with Crippen molar-refractivity contribution in [2.75, 3.05) is 26.8 Å². The molecule has 4 nitrogen and oxygen atoms in total. The molecule has 7 heteroatoms. The van der Waals surface area contributed by atoms with Crippen molar-refractivity contribution in [1.29, 1.82) is 0 Å². The van der Waals surface area contributed by atoms with Crippen LogP contribution in [0.4, 0.5) is 13.2 Å². The van der Waals surface area contributed by atoms with Crippen molar-refractivity contribution in [3.05, 3.63) is 35.4 Å². The summed E-state index contributed by atoms with van der Waals surface area (Å²) in [6.45, 7) is 7.63. The Morgan fingerprint density at radius 3 is 2.38 bits per heavy atom. The summed E-state index contributed by atoms with van der Waals surface area (Å²) in [6.07, 6.45) is -3.03. The maximum Gasteiger partial charge on any atom is 0.416 e. The van der Waals surface area contributed by atoms with Gasteiger partial charge in [0.1, 0.15) is 0 Å². The van der Waals surface area contributed by atoms with Crippen LogP contribution < -0.4 is 10.6 Å². The summed E-state index contributed by atoms with van der Waals surface area (Å²) in [5.41, 5.74) is -0.511. The SMILES string of the molecule is CN=C(NCC1(c2cccc(C(F)(F)F)c2)CCOCC1)NC(C)(C)C. The van der Waals surface area contributed by atoms with Crippen molar-refractivity contribution in [3.8, 4) is 0 Å². The molecule has 146 valence electrons. The zero-order chi connectivity index (χ0) is 19.4. The maximum absolute atomic E-state index is 13.1. The Kier molecular flexibility index (Phi) is 6.21. The third-order valence-electron chi connectivity index (χ3n) is 4.56. The van der Waals surface area contributed by atoms with Gasteiger partial charge in [-0.25, -0.2) is 0 Å². The van der Waals surface area contributed by atoms with Crippen LogP contribution in [-0.2, 0) is 16.3 Å². The number of benzene rings is 1. The van der Waals surface area contributed by atoms with Gasteiger partial charge in [-0.1, -0.05) is 18.2 Å². The first-order valence-corrected chi connectivity index (χ1v) is 8.80. The average molecular weight is 371 g/mol. The second-order valence-electron chi connectivity index (χ2n) is 7.77. The minimum Gasteiger partial charge on any atom is -0.381 e. The van der Waals surface area contributed by atoms with Gasteiger partial charge >= 0.3 is 6.18 Å². The van der Waals surface area contributed by atoms with Crippen LogP contribution in [0, 0.1) is 0 Å². The monoisotopic (exact) mass is 371 g/mol. The molecule has 2 rings (SSSR count). The fraction of sp³-hybridized carbons (Fsp3) is 0.632.